The van der Waals surface area contributed by atoms with Gasteiger partial charge in [0, 0.05) is 24.2 Å². The lowest BCUT2D eigenvalue weighted by atomic mass is 10.2. The highest BCUT2D eigenvalue weighted by atomic mass is 35.5. The second-order valence-corrected chi connectivity index (χ2v) is 5.73. The second kappa shape index (κ2) is 5.07. The molecule has 2 aromatic rings. The van der Waals surface area contributed by atoms with Crippen LogP contribution in [0.4, 0.5) is 0 Å². The molecule has 0 aliphatic carbocycles. The van der Waals surface area contributed by atoms with Crippen molar-refractivity contribution in [2.45, 2.75) is 19.5 Å². The smallest absolute Gasteiger partial charge is 0.106 e. The number of aromatic nitrogens is 1. The van der Waals surface area contributed by atoms with E-state index in [2.05, 4.69) is 22.6 Å². The summed E-state index contributed by atoms with van der Waals surface area (Å²) in [6.45, 7) is 2.94. The van der Waals surface area contributed by atoms with Crippen LogP contribution >= 0.6 is 34.3 Å². The van der Waals surface area contributed by atoms with Gasteiger partial charge in [0.05, 0.1) is 4.34 Å². The van der Waals surface area contributed by atoms with Crippen LogP contribution in [-0.2, 0) is 6.54 Å². The quantitative estimate of drug-likeness (QED) is 0.904. The minimum Gasteiger partial charge on any atom is -0.304 e. The molecular formula is C10H11ClN2S2. The summed E-state index contributed by atoms with van der Waals surface area (Å²) in [4.78, 5) is 4.22. The Morgan fingerprint density at radius 1 is 1.53 bits per heavy atom. The van der Waals surface area contributed by atoms with Crippen molar-refractivity contribution in [3.63, 3.8) is 0 Å². The molecule has 0 saturated carbocycles. The number of thiophene rings is 1. The Bertz CT molecular complexity index is 411. The van der Waals surface area contributed by atoms with Gasteiger partial charge in [-0.05, 0) is 23.9 Å². The summed E-state index contributed by atoms with van der Waals surface area (Å²) in [5.74, 6) is 0. The van der Waals surface area contributed by atoms with E-state index in [1.807, 2.05) is 17.6 Å². The van der Waals surface area contributed by atoms with Crippen molar-refractivity contribution in [2.75, 3.05) is 0 Å². The van der Waals surface area contributed by atoms with Gasteiger partial charge in [-0.15, -0.1) is 22.7 Å². The van der Waals surface area contributed by atoms with E-state index in [1.54, 1.807) is 22.7 Å². The molecule has 0 saturated heterocycles. The molecule has 2 aromatic heterocycles. The largest absolute Gasteiger partial charge is 0.304 e. The molecule has 2 rings (SSSR count). The third-order valence-electron chi connectivity index (χ3n) is 2.13. The molecule has 0 aliphatic heterocycles. The van der Waals surface area contributed by atoms with Crippen LogP contribution < -0.4 is 5.32 Å². The van der Waals surface area contributed by atoms with E-state index in [4.69, 9.17) is 11.6 Å². The minimum absolute atomic E-state index is 0.317. The summed E-state index contributed by atoms with van der Waals surface area (Å²) in [5.41, 5.74) is 1.24. The van der Waals surface area contributed by atoms with E-state index in [1.165, 1.54) is 5.56 Å². The molecule has 0 spiro atoms. The van der Waals surface area contributed by atoms with Crippen LogP contribution in [0.25, 0.3) is 0 Å². The number of rotatable bonds is 4. The first-order valence-corrected chi connectivity index (χ1v) is 6.75. The molecule has 15 heavy (non-hydrogen) atoms. The van der Waals surface area contributed by atoms with Crippen LogP contribution in [0.5, 0.6) is 0 Å². The Balaban J connectivity index is 1.90. The lowest BCUT2D eigenvalue weighted by Crippen LogP contribution is -2.17. The van der Waals surface area contributed by atoms with Crippen molar-refractivity contribution in [3.05, 3.63) is 37.9 Å². The van der Waals surface area contributed by atoms with Gasteiger partial charge >= 0.3 is 0 Å². The van der Waals surface area contributed by atoms with E-state index >= 15 is 0 Å². The fourth-order valence-corrected chi connectivity index (χ4v) is 2.80. The summed E-state index contributed by atoms with van der Waals surface area (Å²) in [7, 11) is 0. The molecule has 0 amide bonds. The summed E-state index contributed by atoms with van der Waals surface area (Å²) in [6, 6.07) is 2.32. The zero-order valence-electron chi connectivity index (χ0n) is 8.24. The molecule has 80 valence electrons. The highest BCUT2D eigenvalue weighted by Gasteiger charge is 2.07. The summed E-state index contributed by atoms with van der Waals surface area (Å²) >= 11 is 9.12. The molecule has 2 nitrogen and oxygen atoms in total. The average Bonchev–Trinajstić information content (AvgIpc) is 2.84. The molecule has 1 atom stereocenters. The van der Waals surface area contributed by atoms with Crippen LogP contribution in [0, 0.1) is 0 Å². The third-order valence-corrected chi connectivity index (χ3v) is 4.02. The first-order chi connectivity index (χ1) is 7.25. The van der Waals surface area contributed by atoms with Gasteiger partial charge in [0.1, 0.15) is 5.01 Å². The van der Waals surface area contributed by atoms with Crippen molar-refractivity contribution in [3.8, 4) is 0 Å². The highest BCUT2D eigenvalue weighted by molar-refractivity contribution is 7.14. The predicted molar refractivity (Wildman–Crippen MR) is 66.7 cm³/mol. The maximum absolute atomic E-state index is 5.88. The third kappa shape index (κ3) is 3.01. The second-order valence-electron chi connectivity index (χ2n) is 3.21. The van der Waals surface area contributed by atoms with Gasteiger partial charge in [-0.3, -0.25) is 0 Å². The maximum Gasteiger partial charge on any atom is 0.106 e. The van der Waals surface area contributed by atoms with Crippen molar-refractivity contribution in [2.24, 2.45) is 0 Å². The summed E-state index contributed by atoms with van der Waals surface area (Å²) in [6.07, 6.45) is 1.83. The number of thiazole rings is 1. The molecule has 0 bridgehead atoms. The van der Waals surface area contributed by atoms with Gasteiger partial charge in [-0.2, -0.15) is 0 Å². The van der Waals surface area contributed by atoms with Crippen molar-refractivity contribution >= 4 is 34.3 Å². The Labute approximate surface area is 102 Å². The molecule has 0 radical (unpaired) electrons. The number of nitrogens with one attached hydrogen (secondary N) is 1. The van der Waals surface area contributed by atoms with Crippen LogP contribution in [0.3, 0.4) is 0 Å². The van der Waals surface area contributed by atoms with Gasteiger partial charge in [0.25, 0.3) is 0 Å². The van der Waals surface area contributed by atoms with E-state index in [-0.39, 0.29) is 0 Å². The number of hydrogen-bond donors (Lipinski definition) is 1. The maximum atomic E-state index is 5.88. The summed E-state index contributed by atoms with van der Waals surface area (Å²) < 4.78 is 0.841. The van der Waals surface area contributed by atoms with Crippen molar-refractivity contribution in [1.82, 2.24) is 10.3 Å². The van der Waals surface area contributed by atoms with E-state index in [0.29, 0.717) is 6.04 Å². The van der Waals surface area contributed by atoms with Crippen LogP contribution in [0.1, 0.15) is 23.5 Å². The van der Waals surface area contributed by atoms with E-state index in [9.17, 15) is 0 Å². The van der Waals surface area contributed by atoms with Gasteiger partial charge in [0.15, 0.2) is 0 Å². The fraction of sp³-hybridized carbons (Fsp3) is 0.300. The molecule has 2 heterocycles. The van der Waals surface area contributed by atoms with E-state index < -0.39 is 0 Å². The average molecular weight is 259 g/mol. The molecule has 1 unspecified atom stereocenters. The van der Waals surface area contributed by atoms with Gasteiger partial charge < -0.3 is 5.32 Å². The first kappa shape index (κ1) is 11.1. The molecule has 0 aliphatic rings. The van der Waals surface area contributed by atoms with Crippen LogP contribution in [0.15, 0.2) is 23.0 Å². The molecular weight excluding hydrogens is 248 g/mol. The monoisotopic (exact) mass is 258 g/mol. The van der Waals surface area contributed by atoms with Crippen molar-refractivity contribution < 1.29 is 0 Å². The zero-order chi connectivity index (χ0) is 10.7. The molecule has 0 aromatic carbocycles. The minimum atomic E-state index is 0.317. The predicted octanol–water partition coefficient (Wildman–Crippen LogP) is 3.71. The topological polar surface area (TPSA) is 24.9 Å². The molecule has 1 N–H and O–H groups in total. The Morgan fingerprint density at radius 3 is 3.00 bits per heavy atom. The van der Waals surface area contributed by atoms with Crippen LogP contribution in [0.2, 0.25) is 4.34 Å². The highest BCUT2D eigenvalue weighted by Crippen LogP contribution is 2.24. The first-order valence-electron chi connectivity index (χ1n) is 4.61. The van der Waals surface area contributed by atoms with Gasteiger partial charge in [-0.25, -0.2) is 4.98 Å². The normalized spacial score (nSPS) is 12.9. The Kier molecular flexibility index (Phi) is 3.75. The molecule has 0 fully saturated rings. The fourth-order valence-electron chi connectivity index (χ4n) is 1.25. The standard InChI is InChI=1S/C10H11ClN2S2/c1-7(8-4-9(11)15-6-8)13-5-10-12-2-3-14-10/h2-4,6-7,13H,5H2,1H3. The van der Waals surface area contributed by atoms with E-state index in [0.717, 1.165) is 15.9 Å². The Hall–Kier alpha value is -0.420. The lowest BCUT2D eigenvalue weighted by molar-refractivity contribution is 0.575. The zero-order valence-corrected chi connectivity index (χ0v) is 10.6. The number of nitrogens with zero attached hydrogens (tertiary/aromatic N) is 1. The van der Waals surface area contributed by atoms with Gasteiger partial charge in [0.2, 0.25) is 0 Å². The lowest BCUT2D eigenvalue weighted by Gasteiger charge is -2.10. The van der Waals surface area contributed by atoms with Crippen LogP contribution in [-0.4, -0.2) is 4.98 Å². The molecule has 5 heteroatoms. The van der Waals surface area contributed by atoms with Gasteiger partial charge in [-0.1, -0.05) is 11.6 Å². The summed E-state index contributed by atoms with van der Waals surface area (Å²) in [5, 5.41) is 8.60. The van der Waals surface area contributed by atoms with Crippen molar-refractivity contribution in [1.29, 1.82) is 0 Å². The Morgan fingerprint density at radius 2 is 2.40 bits per heavy atom. The SMILES string of the molecule is CC(NCc1nccs1)c1csc(Cl)c1. The number of hydrogen-bond acceptors (Lipinski definition) is 4. The number of halogens is 1.